The largest absolute Gasteiger partial charge is 0.355 e. The Morgan fingerprint density at radius 1 is 1.09 bits per heavy atom. The summed E-state index contributed by atoms with van der Waals surface area (Å²) >= 11 is 0. The molecule has 1 amide bonds. The minimum absolute atomic E-state index is 0.0650. The summed E-state index contributed by atoms with van der Waals surface area (Å²) < 4.78 is 0. The van der Waals surface area contributed by atoms with Crippen LogP contribution in [0.4, 0.5) is 0 Å². The molecule has 128 valence electrons. The van der Waals surface area contributed by atoms with E-state index in [1.165, 1.54) is 25.7 Å². The molecule has 0 aromatic carbocycles. The van der Waals surface area contributed by atoms with Gasteiger partial charge in [-0.3, -0.25) is 9.59 Å². The van der Waals surface area contributed by atoms with Gasteiger partial charge in [-0.25, -0.2) is 0 Å². The lowest BCUT2D eigenvalue weighted by molar-refractivity contribution is -0.126. The summed E-state index contributed by atoms with van der Waals surface area (Å²) in [6.45, 7) is 11.2. The third-order valence-electron chi connectivity index (χ3n) is 4.83. The van der Waals surface area contributed by atoms with E-state index in [9.17, 15) is 9.59 Å². The van der Waals surface area contributed by atoms with Gasteiger partial charge in [0.2, 0.25) is 5.91 Å². The SMILES string of the molecule is CC(C)C(=O)CCNC(=O)C1CCC(CCC(C)(C)C)CC1. The van der Waals surface area contributed by atoms with Crippen LogP contribution >= 0.6 is 0 Å². The highest BCUT2D eigenvalue weighted by atomic mass is 16.2. The first-order valence-corrected chi connectivity index (χ1v) is 8.99. The molecule has 1 fully saturated rings. The number of carbonyl (C=O) groups is 2. The van der Waals surface area contributed by atoms with Crippen molar-refractivity contribution in [2.45, 2.75) is 79.6 Å². The summed E-state index contributed by atoms with van der Waals surface area (Å²) in [7, 11) is 0. The van der Waals surface area contributed by atoms with E-state index in [1.54, 1.807) is 0 Å². The van der Waals surface area contributed by atoms with Gasteiger partial charge >= 0.3 is 0 Å². The summed E-state index contributed by atoms with van der Waals surface area (Å²) in [5.41, 5.74) is 0.414. The molecule has 22 heavy (non-hydrogen) atoms. The van der Waals surface area contributed by atoms with Gasteiger partial charge in [0.1, 0.15) is 5.78 Å². The van der Waals surface area contributed by atoms with Crippen LogP contribution in [0.5, 0.6) is 0 Å². The highest BCUT2D eigenvalue weighted by molar-refractivity contribution is 5.82. The van der Waals surface area contributed by atoms with Crippen LogP contribution in [-0.4, -0.2) is 18.2 Å². The number of amides is 1. The molecule has 3 heteroatoms. The van der Waals surface area contributed by atoms with Crippen molar-refractivity contribution >= 4 is 11.7 Å². The molecule has 0 heterocycles. The average molecular weight is 309 g/mol. The second-order valence-corrected chi connectivity index (χ2v) is 8.48. The highest BCUT2D eigenvalue weighted by Crippen LogP contribution is 2.34. The van der Waals surface area contributed by atoms with E-state index in [0.29, 0.717) is 18.4 Å². The summed E-state index contributed by atoms with van der Waals surface area (Å²) in [6.07, 6.45) is 7.41. The number of nitrogens with one attached hydrogen (secondary N) is 1. The molecule has 1 N–H and O–H groups in total. The first-order valence-electron chi connectivity index (χ1n) is 8.99. The van der Waals surface area contributed by atoms with Crippen LogP contribution in [0.25, 0.3) is 0 Å². The van der Waals surface area contributed by atoms with Crippen LogP contribution in [0.1, 0.15) is 79.6 Å². The zero-order valence-corrected chi connectivity index (χ0v) is 15.2. The van der Waals surface area contributed by atoms with Gasteiger partial charge < -0.3 is 5.32 Å². The maximum absolute atomic E-state index is 12.2. The highest BCUT2D eigenvalue weighted by Gasteiger charge is 2.26. The lowest BCUT2D eigenvalue weighted by Gasteiger charge is -2.29. The van der Waals surface area contributed by atoms with Crippen LogP contribution < -0.4 is 5.32 Å². The molecule has 0 spiro atoms. The Kier molecular flexibility index (Phi) is 7.58. The van der Waals surface area contributed by atoms with Crippen molar-refractivity contribution in [3.63, 3.8) is 0 Å². The normalized spacial score (nSPS) is 22.6. The predicted molar refractivity (Wildman–Crippen MR) is 91.6 cm³/mol. The van der Waals surface area contributed by atoms with Gasteiger partial charge in [0.05, 0.1) is 0 Å². The summed E-state index contributed by atoms with van der Waals surface area (Å²) in [6, 6.07) is 0. The van der Waals surface area contributed by atoms with Gasteiger partial charge in [-0.05, 0) is 49.9 Å². The molecule has 0 bridgehead atoms. The van der Waals surface area contributed by atoms with Crippen LogP contribution in [0.2, 0.25) is 0 Å². The maximum atomic E-state index is 12.2. The Morgan fingerprint density at radius 2 is 1.68 bits per heavy atom. The maximum Gasteiger partial charge on any atom is 0.223 e. The van der Waals surface area contributed by atoms with Gasteiger partial charge in [0.25, 0.3) is 0 Å². The van der Waals surface area contributed by atoms with Crippen molar-refractivity contribution in [3.8, 4) is 0 Å². The molecule has 0 aliphatic heterocycles. The molecule has 0 saturated heterocycles. The van der Waals surface area contributed by atoms with Crippen molar-refractivity contribution in [2.24, 2.45) is 23.2 Å². The van der Waals surface area contributed by atoms with E-state index in [0.717, 1.165) is 18.8 Å². The van der Waals surface area contributed by atoms with Crippen LogP contribution in [0, 0.1) is 23.2 Å². The van der Waals surface area contributed by atoms with Crippen molar-refractivity contribution < 1.29 is 9.59 Å². The van der Waals surface area contributed by atoms with Gasteiger partial charge in [0.15, 0.2) is 0 Å². The molecule has 1 rings (SSSR count). The molecule has 3 nitrogen and oxygen atoms in total. The number of hydrogen-bond acceptors (Lipinski definition) is 2. The molecule has 0 aromatic rings. The van der Waals surface area contributed by atoms with Gasteiger partial charge in [-0.1, -0.05) is 34.6 Å². The Labute approximate surface area is 136 Å². The van der Waals surface area contributed by atoms with Crippen molar-refractivity contribution in [2.75, 3.05) is 6.54 Å². The summed E-state index contributed by atoms with van der Waals surface area (Å²) in [4.78, 5) is 23.7. The van der Waals surface area contributed by atoms with E-state index in [2.05, 4.69) is 26.1 Å². The fraction of sp³-hybridized carbons (Fsp3) is 0.895. The van der Waals surface area contributed by atoms with Crippen molar-refractivity contribution in [1.29, 1.82) is 0 Å². The lowest BCUT2D eigenvalue weighted by Crippen LogP contribution is -2.34. The van der Waals surface area contributed by atoms with E-state index < -0.39 is 0 Å². The third-order valence-corrected chi connectivity index (χ3v) is 4.83. The molecule has 1 aliphatic rings. The van der Waals surface area contributed by atoms with E-state index in [1.807, 2.05) is 13.8 Å². The zero-order valence-electron chi connectivity index (χ0n) is 15.2. The van der Waals surface area contributed by atoms with E-state index in [-0.39, 0.29) is 23.5 Å². The molecular weight excluding hydrogens is 274 g/mol. The Bertz CT molecular complexity index is 360. The molecule has 0 aromatic heterocycles. The Balaban J connectivity index is 2.21. The molecular formula is C19H35NO2. The second-order valence-electron chi connectivity index (χ2n) is 8.48. The monoisotopic (exact) mass is 309 g/mol. The van der Waals surface area contributed by atoms with Crippen LogP contribution in [0.3, 0.4) is 0 Å². The fourth-order valence-corrected chi connectivity index (χ4v) is 3.09. The van der Waals surface area contributed by atoms with Gasteiger partial charge in [-0.15, -0.1) is 0 Å². The average Bonchev–Trinajstić information content (AvgIpc) is 2.44. The number of hydrogen-bond donors (Lipinski definition) is 1. The zero-order chi connectivity index (χ0) is 16.8. The topological polar surface area (TPSA) is 46.2 Å². The number of ketones is 1. The first kappa shape index (κ1) is 19.2. The Hall–Kier alpha value is -0.860. The third kappa shape index (κ3) is 7.42. The van der Waals surface area contributed by atoms with Crippen LogP contribution in [-0.2, 0) is 9.59 Å². The van der Waals surface area contributed by atoms with Crippen LogP contribution in [0.15, 0.2) is 0 Å². The van der Waals surface area contributed by atoms with Gasteiger partial charge in [-0.2, -0.15) is 0 Å². The standard InChI is InChI=1S/C19H35NO2/c1-14(2)17(21)11-13-20-18(22)16-8-6-15(7-9-16)10-12-19(3,4)5/h14-16H,6-13H2,1-5H3,(H,20,22). The van der Waals surface area contributed by atoms with Crippen molar-refractivity contribution in [1.82, 2.24) is 5.32 Å². The molecule has 0 unspecified atom stereocenters. The smallest absolute Gasteiger partial charge is 0.223 e. The molecule has 1 aliphatic carbocycles. The summed E-state index contributed by atoms with van der Waals surface area (Å²) in [5, 5.41) is 2.95. The lowest BCUT2D eigenvalue weighted by atomic mass is 9.77. The van der Waals surface area contributed by atoms with E-state index in [4.69, 9.17) is 0 Å². The van der Waals surface area contributed by atoms with E-state index >= 15 is 0 Å². The number of rotatable bonds is 7. The molecule has 1 saturated carbocycles. The fourth-order valence-electron chi connectivity index (χ4n) is 3.09. The minimum atomic E-state index is 0.0650. The number of carbonyl (C=O) groups excluding carboxylic acids is 2. The second kappa shape index (κ2) is 8.69. The molecule has 0 radical (unpaired) electrons. The minimum Gasteiger partial charge on any atom is -0.355 e. The van der Waals surface area contributed by atoms with Crippen molar-refractivity contribution in [3.05, 3.63) is 0 Å². The number of Topliss-reactive ketones (excluding diaryl/α,β-unsaturated/α-hetero) is 1. The molecule has 0 atom stereocenters. The Morgan fingerprint density at radius 3 is 2.18 bits per heavy atom. The first-order chi connectivity index (χ1) is 10.2. The quantitative estimate of drug-likeness (QED) is 0.760. The van der Waals surface area contributed by atoms with Gasteiger partial charge in [0, 0.05) is 24.8 Å². The predicted octanol–water partition coefficient (Wildman–Crippen LogP) is 4.35. The summed E-state index contributed by atoms with van der Waals surface area (Å²) in [5.74, 6) is 1.41.